The third-order valence-electron chi connectivity index (χ3n) is 2.10. The van der Waals surface area contributed by atoms with Crippen molar-refractivity contribution in [1.29, 1.82) is 0 Å². The highest BCUT2D eigenvalue weighted by atomic mass is 79.9. The second-order valence-electron chi connectivity index (χ2n) is 4.42. The lowest BCUT2D eigenvalue weighted by molar-refractivity contribution is -0.118. The highest BCUT2D eigenvalue weighted by Crippen LogP contribution is 2.20. The van der Waals surface area contributed by atoms with Crippen LogP contribution in [0.3, 0.4) is 0 Å². The van der Waals surface area contributed by atoms with E-state index in [0.717, 1.165) is 16.0 Å². The molecule has 4 nitrogen and oxygen atoms in total. The lowest BCUT2D eigenvalue weighted by atomic mass is 10.0. The molecule has 1 amide bonds. The maximum Gasteiger partial charge on any atom is 0.219 e. The van der Waals surface area contributed by atoms with E-state index >= 15 is 0 Å². The van der Waals surface area contributed by atoms with Crippen LogP contribution < -0.4 is 11.1 Å². The minimum absolute atomic E-state index is 0.268. The van der Waals surface area contributed by atoms with Gasteiger partial charge in [0.05, 0.1) is 5.69 Å². The third-order valence-corrected chi connectivity index (χ3v) is 2.94. The molecule has 1 rings (SSSR count). The second kappa shape index (κ2) is 4.82. The van der Waals surface area contributed by atoms with Crippen molar-refractivity contribution in [3.8, 4) is 0 Å². The first-order valence-corrected chi connectivity index (χ1v) is 5.79. The van der Waals surface area contributed by atoms with Gasteiger partial charge in [-0.05, 0) is 48.8 Å². The average Bonchev–Trinajstić information content (AvgIpc) is 2.08. The Bertz CT molecular complexity index is 404. The maximum atomic E-state index is 10.9. The molecule has 5 heteroatoms. The summed E-state index contributed by atoms with van der Waals surface area (Å²) in [6.07, 6.45) is 0.268. The van der Waals surface area contributed by atoms with Gasteiger partial charge in [0.2, 0.25) is 5.91 Å². The third kappa shape index (κ3) is 3.81. The van der Waals surface area contributed by atoms with Gasteiger partial charge in [-0.3, -0.25) is 4.79 Å². The van der Waals surface area contributed by atoms with Gasteiger partial charge in [-0.2, -0.15) is 0 Å². The molecule has 0 atom stereocenters. The Kier molecular flexibility index (Phi) is 3.91. The van der Waals surface area contributed by atoms with Crippen molar-refractivity contribution in [1.82, 2.24) is 4.98 Å². The van der Waals surface area contributed by atoms with Gasteiger partial charge in [0.25, 0.3) is 0 Å². The number of primary amides is 1. The Morgan fingerprint density at radius 3 is 2.69 bits per heavy atom. The van der Waals surface area contributed by atoms with Gasteiger partial charge in [-0.1, -0.05) is 0 Å². The molecule has 0 aliphatic rings. The minimum atomic E-state index is -0.390. The van der Waals surface area contributed by atoms with Crippen molar-refractivity contribution in [3.63, 3.8) is 0 Å². The molecule has 0 spiro atoms. The van der Waals surface area contributed by atoms with Crippen molar-refractivity contribution in [2.45, 2.75) is 32.7 Å². The summed E-state index contributed by atoms with van der Waals surface area (Å²) < 4.78 is 0.964. The Hall–Kier alpha value is -1.10. The molecule has 0 saturated carbocycles. The van der Waals surface area contributed by atoms with Gasteiger partial charge >= 0.3 is 0 Å². The molecule has 0 unspecified atom stereocenters. The van der Waals surface area contributed by atoms with Crippen LogP contribution in [0.15, 0.2) is 16.6 Å². The summed E-state index contributed by atoms with van der Waals surface area (Å²) in [5.74, 6) is 0.415. The van der Waals surface area contributed by atoms with E-state index < -0.39 is 0 Å². The number of pyridine rings is 1. The van der Waals surface area contributed by atoms with E-state index in [-0.39, 0.29) is 17.9 Å². The van der Waals surface area contributed by atoms with Crippen LogP contribution in [0, 0.1) is 6.92 Å². The zero-order chi connectivity index (χ0) is 12.3. The smallest absolute Gasteiger partial charge is 0.219 e. The van der Waals surface area contributed by atoms with Crippen LogP contribution >= 0.6 is 15.9 Å². The zero-order valence-corrected chi connectivity index (χ0v) is 11.3. The van der Waals surface area contributed by atoms with E-state index in [4.69, 9.17) is 5.73 Å². The summed E-state index contributed by atoms with van der Waals surface area (Å²) in [4.78, 5) is 15.2. The standard InChI is InChI=1S/C11H16BrN3O/c1-7-8(12)4-5-10(14-7)15-11(2,3)6-9(13)16/h4-5H,6H2,1-3H3,(H2,13,16)(H,14,15). The number of aryl methyl sites for hydroxylation is 1. The molecule has 0 bridgehead atoms. The molecule has 0 fully saturated rings. The average molecular weight is 286 g/mol. The molecule has 1 aromatic rings. The first-order chi connectivity index (χ1) is 7.30. The molecule has 0 aliphatic carbocycles. The highest BCUT2D eigenvalue weighted by molar-refractivity contribution is 9.10. The normalized spacial score (nSPS) is 11.2. The van der Waals surface area contributed by atoms with Gasteiger partial charge in [-0.15, -0.1) is 0 Å². The molecular weight excluding hydrogens is 270 g/mol. The van der Waals surface area contributed by atoms with E-state index in [1.807, 2.05) is 32.9 Å². The van der Waals surface area contributed by atoms with Crippen molar-refractivity contribution in [2.75, 3.05) is 5.32 Å². The van der Waals surface area contributed by atoms with E-state index in [2.05, 4.69) is 26.2 Å². The Labute approximate surface area is 104 Å². The maximum absolute atomic E-state index is 10.9. The number of rotatable bonds is 4. The number of carbonyl (C=O) groups is 1. The first-order valence-electron chi connectivity index (χ1n) is 5.00. The van der Waals surface area contributed by atoms with Crippen LogP contribution in [0.25, 0.3) is 0 Å². The molecule has 88 valence electrons. The predicted octanol–water partition coefficient (Wildman–Crippen LogP) is 2.22. The molecule has 1 heterocycles. The van der Waals surface area contributed by atoms with Crippen LogP contribution in [0.1, 0.15) is 26.0 Å². The molecule has 1 aromatic heterocycles. The number of amides is 1. The lowest BCUT2D eigenvalue weighted by Crippen LogP contribution is -2.36. The molecule has 0 radical (unpaired) electrons. The van der Waals surface area contributed by atoms with Gasteiger partial charge in [-0.25, -0.2) is 4.98 Å². The molecule has 16 heavy (non-hydrogen) atoms. The summed E-state index contributed by atoms with van der Waals surface area (Å²) in [6.45, 7) is 5.74. The molecular formula is C11H16BrN3O. The van der Waals surface area contributed by atoms with Gasteiger partial charge in [0.15, 0.2) is 0 Å². The number of hydrogen-bond donors (Lipinski definition) is 2. The van der Waals surface area contributed by atoms with Crippen LogP contribution in [0.2, 0.25) is 0 Å². The lowest BCUT2D eigenvalue weighted by Gasteiger charge is -2.25. The highest BCUT2D eigenvalue weighted by Gasteiger charge is 2.20. The van der Waals surface area contributed by atoms with E-state index in [9.17, 15) is 4.79 Å². The largest absolute Gasteiger partial charge is 0.370 e. The SMILES string of the molecule is Cc1nc(NC(C)(C)CC(N)=O)ccc1Br. The van der Waals surface area contributed by atoms with E-state index in [1.54, 1.807) is 0 Å². The number of nitrogens with one attached hydrogen (secondary N) is 1. The van der Waals surface area contributed by atoms with E-state index in [0.29, 0.717) is 0 Å². The predicted molar refractivity (Wildman–Crippen MR) is 68.2 cm³/mol. The second-order valence-corrected chi connectivity index (χ2v) is 5.27. The van der Waals surface area contributed by atoms with Crippen molar-refractivity contribution in [2.24, 2.45) is 5.73 Å². The van der Waals surface area contributed by atoms with Gasteiger partial charge in [0, 0.05) is 16.4 Å². The Balaban J connectivity index is 2.79. The van der Waals surface area contributed by atoms with Crippen LogP contribution in [-0.4, -0.2) is 16.4 Å². The number of aromatic nitrogens is 1. The number of nitrogens with two attached hydrogens (primary N) is 1. The molecule has 0 saturated heterocycles. The Morgan fingerprint density at radius 1 is 1.56 bits per heavy atom. The fourth-order valence-corrected chi connectivity index (χ4v) is 1.66. The van der Waals surface area contributed by atoms with Gasteiger partial charge < -0.3 is 11.1 Å². The first kappa shape index (κ1) is 13.0. The van der Waals surface area contributed by atoms with E-state index in [1.165, 1.54) is 0 Å². The van der Waals surface area contributed by atoms with Crippen LogP contribution in [-0.2, 0) is 4.79 Å². The van der Waals surface area contributed by atoms with Crippen LogP contribution in [0.5, 0.6) is 0 Å². The van der Waals surface area contributed by atoms with Crippen molar-refractivity contribution in [3.05, 3.63) is 22.3 Å². The number of carbonyl (C=O) groups excluding carboxylic acids is 1. The monoisotopic (exact) mass is 285 g/mol. The topological polar surface area (TPSA) is 68.0 Å². The molecule has 0 aromatic carbocycles. The number of anilines is 1. The minimum Gasteiger partial charge on any atom is -0.370 e. The number of halogens is 1. The summed E-state index contributed by atoms with van der Waals surface area (Å²) in [5.41, 5.74) is 5.69. The molecule has 3 N–H and O–H groups in total. The van der Waals surface area contributed by atoms with Crippen molar-refractivity contribution >= 4 is 27.7 Å². The quantitative estimate of drug-likeness (QED) is 0.891. The number of hydrogen-bond acceptors (Lipinski definition) is 3. The number of nitrogens with zero attached hydrogens (tertiary/aromatic N) is 1. The summed E-state index contributed by atoms with van der Waals surface area (Å²) >= 11 is 3.38. The van der Waals surface area contributed by atoms with Crippen LogP contribution in [0.4, 0.5) is 5.82 Å². The zero-order valence-electron chi connectivity index (χ0n) is 9.67. The van der Waals surface area contributed by atoms with Gasteiger partial charge in [0.1, 0.15) is 5.82 Å². The molecule has 0 aliphatic heterocycles. The fourth-order valence-electron chi connectivity index (χ4n) is 1.44. The summed E-state index contributed by atoms with van der Waals surface area (Å²) in [6, 6.07) is 3.78. The fraction of sp³-hybridized carbons (Fsp3) is 0.455. The van der Waals surface area contributed by atoms with Crippen molar-refractivity contribution < 1.29 is 4.79 Å². The summed E-state index contributed by atoms with van der Waals surface area (Å²) in [5, 5.41) is 3.18. The Morgan fingerprint density at radius 2 is 2.19 bits per heavy atom. The summed E-state index contributed by atoms with van der Waals surface area (Å²) in [7, 11) is 0.